The summed E-state index contributed by atoms with van der Waals surface area (Å²) in [7, 11) is -0.748. The zero-order valence-electron chi connectivity index (χ0n) is 8.69. The summed E-state index contributed by atoms with van der Waals surface area (Å²) in [5, 5.41) is 3.62. The third-order valence-corrected chi connectivity index (χ3v) is 4.45. The number of rotatable bonds is 3. The Labute approximate surface area is 92.8 Å². The van der Waals surface area contributed by atoms with E-state index in [9.17, 15) is 4.21 Å². The number of nitrogens with one attached hydrogen (secondary N) is 1. The number of aromatic nitrogens is 1. The Hall–Kier alpha value is -0.740. The second-order valence-corrected chi connectivity index (χ2v) is 5.57. The molecule has 3 nitrogen and oxygen atoms in total. The van der Waals surface area contributed by atoms with Gasteiger partial charge >= 0.3 is 0 Å². The van der Waals surface area contributed by atoms with E-state index < -0.39 is 10.8 Å². The van der Waals surface area contributed by atoms with Gasteiger partial charge in [-0.3, -0.25) is 9.19 Å². The molecule has 1 aliphatic rings. The van der Waals surface area contributed by atoms with Gasteiger partial charge in [-0.1, -0.05) is 0 Å². The van der Waals surface area contributed by atoms with Crippen LogP contribution >= 0.6 is 0 Å². The van der Waals surface area contributed by atoms with Gasteiger partial charge in [-0.25, -0.2) is 0 Å². The summed E-state index contributed by atoms with van der Waals surface area (Å²) < 4.78 is 12.0. The molecule has 0 saturated carbocycles. The molecule has 0 radical (unpaired) electrons. The molecule has 1 aromatic rings. The first-order chi connectivity index (χ1) is 7.36. The summed E-state index contributed by atoms with van der Waals surface area (Å²) in [5.41, 5.74) is 1.12. The van der Waals surface area contributed by atoms with Crippen molar-refractivity contribution in [3.8, 4) is 0 Å². The van der Waals surface area contributed by atoms with Crippen LogP contribution in [0.1, 0.15) is 18.4 Å². The molecule has 2 heterocycles. The van der Waals surface area contributed by atoms with Crippen molar-refractivity contribution in [3.63, 3.8) is 0 Å². The van der Waals surface area contributed by atoms with Crippen molar-refractivity contribution in [1.29, 1.82) is 0 Å². The number of piperidine rings is 1. The van der Waals surface area contributed by atoms with Gasteiger partial charge in [0.25, 0.3) is 0 Å². The Morgan fingerprint density at radius 2 is 2.27 bits per heavy atom. The molecule has 1 aliphatic heterocycles. The average Bonchev–Trinajstić information content (AvgIpc) is 2.31. The van der Waals surface area contributed by atoms with Gasteiger partial charge in [0.2, 0.25) is 0 Å². The number of hydrogen-bond donors (Lipinski definition) is 1. The van der Waals surface area contributed by atoms with Crippen LogP contribution in [0.5, 0.6) is 0 Å². The lowest BCUT2D eigenvalue weighted by Gasteiger charge is -2.21. The molecule has 0 aromatic carbocycles. The molecule has 2 rings (SSSR count). The van der Waals surface area contributed by atoms with Crippen molar-refractivity contribution in [3.05, 3.63) is 30.1 Å². The largest absolute Gasteiger partial charge is 0.316 e. The van der Waals surface area contributed by atoms with Gasteiger partial charge in [0, 0.05) is 40.7 Å². The average molecular weight is 224 g/mol. The second-order valence-electron chi connectivity index (χ2n) is 3.85. The minimum absolute atomic E-state index is 0.326. The molecule has 1 fully saturated rings. The number of hydrogen-bond acceptors (Lipinski definition) is 3. The standard InChI is InChI=1S/C11H16N2OS/c14-15(11-2-1-5-13-8-11)9-10-3-6-12-7-4-10/h3-4,6-7,11,13H,1-2,5,8-9H2/t11-,15-/m1/s1. The Balaban J connectivity index is 1.91. The summed E-state index contributed by atoms with van der Waals surface area (Å²) >= 11 is 0. The molecular formula is C11H16N2OS. The smallest absolute Gasteiger partial charge is 0.0490 e. The van der Waals surface area contributed by atoms with Crippen LogP contribution in [-0.2, 0) is 16.6 Å². The van der Waals surface area contributed by atoms with Gasteiger partial charge in [0.15, 0.2) is 0 Å². The summed E-state index contributed by atoms with van der Waals surface area (Å²) in [6.45, 7) is 1.97. The summed E-state index contributed by atoms with van der Waals surface area (Å²) in [6.07, 6.45) is 5.74. The highest BCUT2D eigenvalue weighted by atomic mass is 32.2. The van der Waals surface area contributed by atoms with Gasteiger partial charge in [0.1, 0.15) is 0 Å². The summed E-state index contributed by atoms with van der Waals surface area (Å²) in [4.78, 5) is 3.95. The lowest BCUT2D eigenvalue weighted by molar-refractivity contribution is 0.519. The zero-order valence-corrected chi connectivity index (χ0v) is 9.50. The van der Waals surface area contributed by atoms with E-state index in [4.69, 9.17) is 0 Å². The van der Waals surface area contributed by atoms with Gasteiger partial charge in [-0.2, -0.15) is 0 Å². The quantitative estimate of drug-likeness (QED) is 0.835. The van der Waals surface area contributed by atoms with E-state index in [2.05, 4.69) is 10.3 Å². The molecule has 0 amide bonds. The van der Waals surface area contributed by atoms with Crippen molar-refractivity contribution in [2.75, 3.05) is 13.1 Å². The van der Waals surface area contributed by atoms with E-state index in [-0.39, 0.29) is 0 Å². The Kier molecular flexibility index (Phi) is 3.86. The van der Waals surface area contributed by atoms with Crippen LogP contribution in [0.15, 0.2) is 24.5 Å². The molecule has 0 unspecified atom stereocenters. The van der Waals surface area contributed by atoms with Crippen molar-refractivity contribution >= 4 is 10.8 Å². The molecule has 15 heavy (non-hydrogen) atoms. The molecule has 1 saturated heterocycles. The van der Waals surface area contributed by atoms with E-state index >= 15 is 0 Å². The van der Waals surface area contributed by atoms with Crippen LogP contribution in [-0.4, -0.2) is 27.5 Å². The van der Waals surface area contributed by atoms with E-state index in [1.54, 1.807) is 12.4 Å². The van der Waals surface area contributed by atoms with Crippen LogP contribution in [0.2, 0.25) is 0 Å². The topological polar surface area (TPSA) is 42.0 Å². The molecular weight excluding hydrogens is 208 g/mol. The third-order valence-electron chi connectivity index (χ3n) is 2.68. The number of nitrogens with zero attached hydrogens (tertiary/aromatic N) is 1. The fourth-order valence-corrected chi connectivity index (χ4v) is 3.30. The van der Waals surface area contributed by atoms with Crippen LogP contribution < -0.4 is 5.32 Å². The maximum Gasteiger partial charge on any atom is 0.0490 e. The highest BCUT2D eigenvalue weighted by Crippen LogP contribution is 2.12. The van der Waals surface area contributed by atoms with Crippen LogP contribution in [0.4, 0.5) is 0 Å². The van der Waals surface area contributed by atoms with E-state index in [1.807, 2.05) is 12.1 Å². The van der Waals surface area contributed by atoms with Crippen molar-refractivity contribution in [1.82, 2.24) is 10.3 Å². The lowest BCUT2D eigenvalue weighted by Crippen LogP contribution is -2.36. The van der Waals surface area contributed by atoms with Gasteiger partial charge in [-0.15, -0.1) is 0 Å². The van der Waals surface area contributed by atoms with Gasteiger partial charge in [-0.05, 0) is 37.1 Å². The maximum atomic E-state index is 12.0. The Morgan fingerprint density at radius 1 is 1.47 bits per heavy atom. The predicted molar refractivity (Wildman–Crippen MR) is 62.0 cm³/mol. The molecule has 82 valence electrons. The Morgan fingerprint density at radius 3 is 2.93 bits per heavy atom. The monoisotopic (exact) mass is 224 g/mol. The molecule has 0 bridgehead atoms. The SMILES string of the molecule is O=[S@](Cc1ccncc1)[C@@H]1CCCNC1. The van der Waals surface area contributed by atoms with E-state index in [0.717, 1.165) is 31.5 Å². The van der Waals surface area contributed by atoms with E-state index in [0.29, 0.717) is 11.0 Å². The molecule has 0 aliphatic carbocycles. The summed E-state index contributed by atoms with van der Waals surface area (Å²) in [6, 6.07) is 3.88. The molecule has 1 aromatic heterocycles. The Bertz CT molecular complexity index is 323. The predicted octanol–water partition coefficient (Wildman–Crippen LogP) is 1.08. The first-order valence-electron chi connectivity index (χ1n) is 5.33. The van der Waals surface area contributed by atoms with Crippen LogP contribution in [0.3, 0.4) is 0 Å². The van der Waals surface area contributed by atoms with E-state index in [1.165, 1.54) is 0 Å². The molecule has 4 heteroatoms. The van der Waals surface area contributed by atoms with Crippen molar-refractivity contribution < 1.29 is 4.21 Å². The van der Waals surface area contributed by atoms with Crippen LogP contribution in [0, 0.1) is 0 Å². The van der Waals surface area contributed by atoms with Crippen molar-refractivity contribution in [2.24, 2.45) is 0 Å². The lowest BCUT2D eigenvalue weighted by atomic mass is 10.2. The minimum atomic E-state index is -0.748. The molecule has 1 N–H and O–H groups in total. The fraction of sp³-hybridized carbons (Fsp3) is 0.545. The third kappa shape index (κ3) is 3.11. The number of pyridine rings is 1. The first-order valence-corrected chi connectivity index (χ1v) is 6.71. The highest BCUT2D eigenvalue weighted by Gasteiger charge is 2.19. The fourth-order valence-electron chi connectivity index (χ4n) is 1.81. The van der Waals surface area contributed by atoms with Crippen molar-refractivity contribution in [2.45, 2.75) is 23.8 Å². The summed E-state index contributed by atoms with van der Waals surface area (Å²) in [5.74, 6) is 0.662. The maximum absolute atomic E-state index is 12.0. The highest BCUT2D eigenvalue weighted by molar-refractivity contribution is 7.84. The molecule has 0 spiro atoms. The normalized spacial score (nSPS) is 23.6. The second kappa shape index (κ2) is 5.37. The van der Waals surface area contributed by atoms with Crippen LogP contribution in [0.25, 0.3) is 0 Å². The first kappa shape index (κ1) is 10.8. The minimum Gasteiger partial charge on any atom is -0.316 e. The molecule has 2 atom stereocenters. The zero-order chi connectivity index (χ0) is 10.5. The van der Waals surface area contributed by atoms with Gasteiger partial charge < -0.3 is 5.32 Å². The van der Waals surface area contributed by atoms with Gasteiger partial charge in [0.05, 0.1) is 0 Å².